The van der Waals surface area contributed by atoms with Crippen LogP contribution in [0.15, 0.2) is 60.9 Å². The highest BCUT2D eigenvalue weighted by Gasteiger charge is 2.06. The first-order valence-corrected chi connectivity index (χ1v) is 8.09. The Morgan fingerprint density at radius 1 is 0.960 bits per heavy atom. The first-order chi connectivity index (χ1) is 12.1. The Morgan fingerprint density at radius 3 is 2.28 bits per heavy atom. The van der Waals surface area contributed by atoms with Gasteiger partial charge in [-0.25, -0.2) is 9.97 Å². The highest BCUT2D eigenvalue weighted by Crippen LogP contribution is 2.15. The Morgan fingerprint density at radius 2 is 1.64 bits per heavy atom. The average Bonchev–Trinajstić information content (AvgIpc) is 2.63. The average molecular weight is 332 g/mol. The Kier molecular flexibility index (Phi) is 5.04. The van der Waals surface area contributed by atoms with E-state index in [-0.39, 0.29) is 5.91 Å². The van der Waals surface area contributed by atoms with E-state index in [2.05, 4.69) is 20.6 Å². The van der Waals surface area contributed by atoms with Gasteiger partial charge in [-0.15, -0.1) is 0 Å². The molecular weight excluding hydrogens is 312 g/mol. The van der Waals surface area contributed by atoms with Gasteiger partial charge in [0.05, 0.1) is 0 Å². The van der Waals surface area contributed by atoms with Gasteiger partial charge in [0.2, 0.25) is 0 Å². The maximum absolute atomic E-state index is 12.3. The van der Waals surface area contributed by atoms with E-state index in [0.29, 0.717) is 5.56 Å². The van der Waals surface area contributed by atoms with Crippen molar-refractivity contribution < 1.29 is 4.79 Å². The molecule has 0 aliphatic rings. The summed E-state index contributed by atoms with van der Waals surface area (Å²) in [6, 6.07) is 17.1. The van der Waals surface area contributed by atoms with Crippen molar-refractivity contribution in [2.75, 3.05) is 17.7 Å². The lowest BCUT2D eigenvalue weighted by molar-refractivity contribution is 0.102. The number of rotatable bonds is 5. The molecule has 1 heterocycles. The lowest BCUT2D eigenvalue weighted by Crippen LogP contribution is -2.11. The number of amides is 1. The predicted octanol–water partition coefficient (Wildman–Crippen LogP) is 3.67. The quantitative estimate of drug-likeness (QED) is 0.748. The van der Waals surface area contributed by atoms with Gasteiger partial charge in [0, 0.05) is 41.8 Å². The number of nitrogens with zero attached hydrogens (tertiary/aromatic N) is 2. The van der Waals surface area contributed by atoms with Crippen LogP contribution in [0.1, 0.15) is 27.3 Å². The fraction of sp³-hybridized carbons (Fsp3) is 0.150. The summed E-state index contributed by atoms with van der Waals surface area (Å²) in [5.41, 5.74) is 5.44. The molecule has 0 radical (unpaired) electrons. The zero-order valence-electron chi connectivity index (χ0n) is 14.3. The van der Waals surface area contributed by atoms with Crippen molar-refractivity contribution in [1.29, 1.82) is 0 Å². The third-order valence-corrected chi connectivity index (χ3v) is 3.89. The second-order valence-corrected chi connectivity index (χ2v) is 5.81. The second kappa shape index (κ2) is 7.57. The molecule has 126 valence electrons. The van der Waals surface area contributed by atoms with Gasteiger partial charge in [-0.3, -0.25) is 4.79 Å². The lowest BCUT2D eigenvalue weighted by atomic mass is 10.1. The molecule has 0 aliphatic heterocycles. The minimum atomic E-state index is -0.123. The van der Waals surface area contributed by atoms with E-state index < -0.39 is 0 Å². The largest absolute Gasteiger partial charge is 0.388 e. The maximum atomic E-state index is 12.3. The molecule has 5 nitrogen and oxygen atoms in total. The summed E-state index contributed by atoms with van der Waals surface area (Å²) < 4.78 is 0. The van der Waals surface area contributed by atoms with E-state index in [1.54, 1.807) is 18.5 Å². The smallest absolute Gasteiger partial charge is 0.255 e. The van der Waals surface area contributed by atoms with E-state index >= 15 is 0 Å². The lowest BCUT2D eigenvalue weighted by Gasteiger charge is -2.08. The van der Waals surface area contributed by atoms with Crippen LogP contribution in [0.5, 0.6) is 0 Å². The van der Waals surface area contributed by atoms with Crippen molar-refractivity contribution in [1.82, 2.24) is 9.97 Å². The predicted molar refractivity (Wildman–Crippen MR) is 100.0 cm³/mol. The van der Waals surface area contributed by atoms with Crippen LogP contribution in [0.2, 0.25) is 0 Å². The number of nitrogens with one attached hydrogen (secondary N) is 2. The molecule has 0 spiro atoms. The molecule has 5 heteroatoms. The van der Waals surface area contributed by atoms with Gasteiger partial charge in [-0.1, -0.05) is 12.1 Å². The minimum absolute atomic E-state index is 0.123. The molecule has 1 amide bonds. The summed E-state index contributed by atoms with van der Waals surface area (Å²) in [5, 5.41) is 5.94. The van der Waals surface area contributed by atoms with Gasteiger partial charge in [0.1, 0.15) is 6.33 Å². The van der Waals surface area contributed by atoms with Crippen molar-refractivity contribution in [3.05, 3.63) is 83.4 Å². The van der Waals surface area contributed by atoms with Crippen LogP contribution in [0.25, 0.3) is 0 Å². The SMILES string of the molecule is CNc1ccc(C(=O)Nc2ccc(Cc3cc(C)ncn3)cc2)cc1. The van der Waals surface area contributed by atoms with E-state index in [4.69, 9.17) is 0 Å². The Labute approximate surface area is 147 Å². The standard InChI is InChI=1S/C20H20N4O/c1-14-11-19(23-13-22-14)12-15-3-7-18(8-4-15)24-20(25)16-5-9-17(21-2)10-6-16/h3-11,13,21H,12H2,1-2H3,(H,24,25). The summed E-state index contributed by atoms with van der Waals surface area (Å²) in [6.07, 6.45) is 2.32. The van der Waals surface area contributed by atoms with Crippen LogP contribution < -0.4 is 10.6 Å². The molecule has 0 unspecified atom stereocenters. The van der Waals surface area contributed by atoms with E-state index in [0.717, 1.165) is 34.7 Å². The van der Waals surface area contributed by atoms with Crippen LogP contribution in [0, 0.1) is 6.92 Å². The number of carbonyl (C=O) groups is 1. The zero-order valence-corrected chi connectivity index (χ0v) is 14.3. The molecule has 3 rings (SSSR count). The number of hydrogen-bond acceptors (Lipinski definition) is 4. The molecule has 0 bridgehead atoms. The van der Waals surface area contributed by atoms with Gasteiger partial charge in [-0.05, 0) is 55.0 Å². The molecule has 0 saturated carbocycles. The van der Waals surface area contributed by atoms with Crippen LogP contribution in [0.3, 0.4) is 0 Å². The highest BCUT2D eigenvalue weighted by atomic mass is 16.1. The van der Waals surface area contributed by atoms with Crippen LogP contribution in [-0.4, -0.2) is 22.9 Å². The van der Waals surface area contributed by atoms with Gasteiger partial charge >= 0.3 is 0 Å². The van der Waals surface area contributed by atoms with Crippen molar-refractivity contribution in [3.63, 3.8) is 0 Å². The molecule has 0 saturated heterocycles. The van der Waals surface area contributed by atoms with Crippen molar-refractivity contribution in [2.45, 2.75) is 13.3 Å². The fourth-order valence-corrected chi connectivity index (χ4v) is 2.51. The molecule has 2 N–H and O–H groups in total. The molecule has 2 aromatic carbocycles. The normalized spacial score (nSPS) is 10.3. The van der Waals surface area contributed by atoms with Crippen molar-refractivity contribution >= 4 is 17.3 Å². The number of hydrogen-bond donors (Lipinski definition) is 2. The second-order valence-electron chi connectivity index (χ2n) is 5.81. The number of anilines is 2. The van der Waals surface area contributed by atoms with Crippen molar-refractivity contribution in [2.24, 2.45) is 0 Å². The Bertz CT molecular complexity index is 858. The van der Waals surface area contributed by atoms with Crippen LogP contribution >= 0.6 is 0 Å². The summed E-state index contributed by atoms with van der Waals surface area (Å²) in [5.74, 6) is -0.123. The first kappa shape index (κ1) is 16.6. The summed E-state index contributed by atoms with van der Waals surface area (Å²) >= 11 is 0. The molecular formula is C20H20N4O. The molecule has 0 aliphatic carbocycles. The number of aromatic nitrogens is 2. The van der Waals surface area contributed by atoms with Crippen molar-refractivity contribution in [3.8, 4) is 0 Å². The number of benzene rings is 2. The number of carbonyl (C=O) groups excluding carboxylic acids is 1. The van der Waals surface area contributed by atoms with Gasteiger partial charge < -0.3 is 10.6 Å². The monoisotopic (exact) mass is 332 g/mol. The summed E-state index contributed by atoms with van der Waals surface area (Å²) in [6.45, 7) is 1.95. The van der Waals surface area contributed by atoms with E-state index in [1.807, 2.05) is 56.4 Å². The number of aryl methyl sites for hydroxylation is 1. The Balaban J connectivity index is 1.64. The highest BCUT2D eigenvalue weighted by molar-refractivity contribution is 6.04. The maximum Gasteiger partial charge on any atom is 0.255 e. The molecule has 25 heavy (non-hydrogen) atoms. The van der Waals surface area contributed by atoms with Gasteiger partial charge in [0.15, 0.2) is 0 Å². The summed E-state index contributed by atoms with van der Waals surface area (Å²) in [7, 11) is 1.85. The van der Waals surface area contributed by atoms with Gasteiger partial charge in [0.25, 0.3) is 5.91 Å². The fourth-order valence-electron chi connectivity index (χ4n) is 2.51. The van der Waals surface area contributed by atoms with Crippen LogP contribution in [0.4, 0.5) is 11.4 Å². The first-order valence-electron chi connectivity index (χ1n) is 8.09. The third kappa shape index (κ3) is 4.41. The van der Waals surface area contributed by atoms with E-state index in [1.165, 1.54) is 0 Å². The molecule has 0 atom stereocenters. The Hall–Kier alpha value is -3.21. The van der Waals surface area contributed by atoms with Crippen LogP contribution in [-0.2, 0) is 6.42 Å². The van der Waals surface area contributed by atoms with E-state index in [9.17, 15) is 4.79 Å². The molecule has 1 aromatic heterocycles. The minimum Gasteiger partial charge on any atom is -0.388 e. The topological polar surface area (TPSA) is 66.9 Å². The zero-order chi connectivity index (χ0) is 17.6. The summed E-state index contributed by atoms with van der Waals surface area (Å²) in [4.78, 5) is 20.7. The molecule has 3 aromatic rings. The van der Waals surface area contributed by atoms with Gasteiger partial charge in [-0.2, -0.15) is 0 Å². The molecule has 0 fully saturated rings. The third-order valence-electron chi connectivity index (χ3n) is 3.89.